The summed E-state index contributed by atoms with van der Waals surface area (Å²) >= 11 is 1.63. The molecule has 2 aliphatic rings. The van der Waals surface area contributed by atoms with Gasteiger partial charge in [-0.1, -0.05) is 54.6 Å². The number of Topliss-reactive ketones (excluding diaryl/α,β-unsaturated/α-hetero) is 1. The normalized spacial score (nSPS) is 16.9. The van der Waals surface area contributed by atoms with Gasteiger partial charge in [0.25, 0.3) is 0 Å². The van der Waals surface area contributed by atoms with E-state index in [-0.39, 0.29) is 11.8 Å². The summed E-state index contributed by atoms with van der Waals surface area (Å²) in [7, 11) is 0. The zero-order valence-electron chi connectivity index (χ0n) is 21.0. The molecule has 8 heteroatoms. The fraction of sp³-hybridized carbons (Fsp3) is 0.393. The van der Waals surface area contributed by atoms with Crippen LogP contribution in [0.2, 0.25) is 0 Å². The second-order valence-corrected chi connectivity index (χ2v) is 10.2. The van der Waals surface area contributed by atoms with Gasteiger partial charge in [0.1, 0.15) is 12.6 Å². The summed E-state index contributed by atoms with van der Waals surface area (Å²) in [4.78, 5) is 17.9. The van der Waals surface area contributed by atoms with Crippen LogP contribution in [0, 0.1) is 6.92 Å². The number of anilines is 1. The Labute approximate surface area is 216 Å². The number of benzene rings is 2. The third-order valence-corrected chi connectivity index (χ3v) is 7.43. The van der Waals surface area contributed by atoms with Crippen LogP contribution in [-0.2, 0) is 11.4 Å². The standard InChI is InChI=1S/C28H32N4O3S/c1-4-15-36-28-30-27-29-21-7-6-8-22(33)25(21)26(32(27)31-28)20-13-14-23(24(16-20)34-5-2)35-17-19-11-9-18(3)10-12-19/h9-14,16,26H,4-8,15,17H2,1-3H3,(H,29,30,31). The van der Waals surface area contributed by atoms with E-state index in [1.165, 1.54) is 5.56 Å². The summed E-state index contributed by atoms with van der Waals surface area (Å²) in [5.41, 5.74) is 4.98. The Morgan fingerprint density at radius 3 is 2.69 bits per heavy atom. The highest BCUT2D eigenvalue weighted by Gasteiger charge is 2.37. The van der Waals surface area contributed by atoms with Gasteiger partial charge in [-0.2, -0.15) is 4.98 Å². The van der Waals surface area contributed by atoms with Crippen molar-refractivity contribution in [3.8, 4) is 11.5 Å². The third kappa shape index (κ3) is 5.00. The Hall–Kier alpha value is -3.26. The molecule has 7 nitrogen and oxygen atoms in total. The molecule has 0 saturated carbocycles. The van der Waals surface area contributed by atoms with E-state index in [0.717, 1.165) is 52.6 Å². The lowest BCUT2D eigenvalue weighted by Gasteiger charge is -2.32. The maximum absolute atomic E-state index is 13.1. The molecule has 3 aromatic rings. The number of carbonyl (C=O) groups excluding carboxylic acids is 1. The molecule has 0 spiro atoms. The number of nitrogens with one attached hydrogen (secondary N) is 1. The van der Waals surface area contributed by atoms with Gasteiger partial charge < -0.3 is 14.8 Å². The predicted octanol–water partition coefficient (Wildman–Crippen LogP) is 6.09. The Bertz CT molecular complexity index is 1280. The van der Waals surface area contributed by atoms with Crippen molar-refractivity contribution in [2.75, 3.05) is 17.7 Å². The first-order valence-electron chi connectivity index (χ1n) is 12.6. The quantitative estimate of drug-likeness (QED) is 0.353. The number of rotatable bonds is 9. The molecule has 1 N–H and O–H groups in total. The van der Waals surface area contributed by atoms with Crippen molar-refractivity contribution in [2.45, 2.75) is 64.3 Å². The van der Waals surface area contributed by atoms with Gasteiger partial charge in [-0.25, -0.2) is 4.68 Å². The Morgan fingerprint density at radius 2 is 1.92 bits per heavy atom. The molecule has 1 unspecified atom stereocenters. The van der Waals surface area contributed by atoms with E-state index < -0.39 is 0 Å². The van der Waals surface area contributed by atoms with Crippen LogP contribution < -0.4 is 14.8 Å². The summed E-state index contributed by atoms with van der Waals surface area (Å²) in [6.07, 6.45) is 3.27. The molecule has 0 amide bonds. The smallest absolute Gasteiger partial charge is 0.227 e. The summed E-state index contributed by atoms with van der Waals surface area (Å²) in [5.74, 6) is 3.13. The van der Waals surface area contributed by atoms with Crippen molar-refractivity contribution < 1.29 is 14.3 Å². The van der Waals surface area contributed by atoms with Crippen LogP contribution in [0.4, 0.5) is 5.95 Å². The lowest BCUT2D eigenvalue weighted by Crippen LogP contribution is -2.31. The van der Waals surface area contributed by atoms with E-state index in [1.54, 1.807) is 11.8 Å². The van der Waals surface area contributed by atoms with Crippen LogP contribution in [0.3, 0.4) is 0 Å². The molecule has 1 aromatic heterocycles. The van der Waals surface area contributed by atoms with Crippen molar-refractivity contribution in [1.82, 2.24) is 14.8 Å². The van der Waals surface area contributed by atoms with Crippen molar-refractivity contribution in [1.29, 1.82) is 0 Å². The highest BCUT2D eigenvalue weighted by atomic mass is 32.2. The summed E-state index contributed by atoms with van der Waals surface area (Å²) < 4.78 is 14.0. The average molecular weight is 505 g/mol. The second-order valence-electron chi connectivity index (χ2n) is 9.12. The maximum Gasteiger partial charge on any atom is 0.227 e. The number of nitrogens with zero attached hydrogens (tertiary/aromatic N) is 3. The molecule has 36 heavy (non-hydrogen) atoms. The molecule has 0 fully saturated rings. The van der Waals surface area contributed by atoms with Gasteiger partial charge >= 0.3 is 0 Å². The lowest BCUT2D eigenvalue weighted by molar-refractivity contribution is -0.116. The fourth-order valence-electron chi connectivity index (χ4n) is 4.63. The van der Waals surface area contributed by atoms with E-state index in [4.69, 9.17) is 19.6 Å². The van der Waals surface area contributed by atoms with Gasteiger partial charge in [0.15, 0.2) is 17.3 Å². The molecule has 0 saturated heterocycles. The number of carbonyl (C=O) groups is 1. The zero-order valence-corrected chi connectivity index (χ0v) is 21.9. The van der Waals surface area contributed by atoms with Crippen LogP contribution in [0.15, 0.2) is 58.9 Å². The van der Waals surface area contributed by atoms with Gasteiger partial charge in [-0.05, 0) is 56.4 Å². The van der Waals surface area contributed by atoms with Crippen LogP contribution in [-0.4, -0.2) is 32.9 Å². The predicted molar refractivity (Wildman–Crippen MR) is 142 cm³/mol. The average Bonchev–Trinajstić information content (AvgIpc) is 3.29. The molecule has 2 heterocycles. The van der Waals surface area contributed by atoms with E-state index in [0.29, 0.717) is 37.1 Å². The molecule has 2 aromatic carbocycles. The number of aromatic nitrogens is 3. The summed E-state index contributed by atoms with van der Waals surface area (Å²) in [5, 5.41) is 8.92. The summed E-state index contributed by atoms with van der Waals surface area (Å²) in [6.45, 7) is 7.13. The number of ketones is 1. The molecule has 0 radical (unpaired) electrons. The number of thioether (sulfide) groups is 1. The molecule has 0 bridgehead atoms. The number of fused-ring (bicyclic) bond motifs is 1. The first-order chi connectivity index (χ1) is 17.6. The minimum Gasteiger partial charge on any atom is -0.490 e. The minimum atomic E-state index is -0.349. The van der Waals surface area contributed by atoms with Crippen LogP contribution in [0.1, 0.15) is 62.3 Å². The molecular formula is C28H32N4O3S. The monoisotopic (exact) mass is 504 g/mol. The van der Waals surface area contributed by atoms with E-state index >= 15 is 0 Å². The molecule has 188 valence electrons. The van der Waals surface area contributed by atoms with Crippen molar-refractivity contribution in [3.05, 3.63) is 70.4 Å². The van der Waals surface area contributed by atoms with E-state index in [2.05, 4.69) is 43.4 Å². The highest BCUT2D eigenvalue weighted by molar-refractivity contribution is 7.99. The van der Waals surface area contributed by atoms with Gasteiger partial charge in [0.2, 0.25) is 11.1 Å². The third-order valence-electron chi connectivity index (χ3n) is 6.38. The topological polar surface area (TPSA) is 78.3 Å². The molecular weight excluding hydrogens is 472 g/mol. The zero-order chi connectivity index (χ0) is 25.1. The molecule has 1 atom stereocenters. The Morgan fingerprint density at radius 1 is 1.08 bits per heavy atom. The van der Waals surface area contributed by atoms with Gasteiger partial charge in [-0.3, -0.25) is 4.79 Å². The van der Waals surface area contributed by atoms with Crippen molar-refractivity contribution >= 4 is 23.5 Å². The van der Waals surface area contributed by atoms with Crippen LogP contribution in [0.25, 0.3) is 0 Å². The van der Waals surface area contributed by atoms with Crippen LogP contribution >= 0.6 is 11.8 Å². The molecule has 1 aliphatic heterocycles. The van der Waals surface area contributed by atoms with Gasteiger partial charge in [-0.15, -0.1) is 5.10 Å². The maximum atomic E-state index is 13.1. The largest absolute Gasteiger partial charge is 0.490 e. The van der Waals surface area contributed by atoms with Crippen molar-refractivity contribution in [2.24, 2.45) is 0 Å². The summed E-state index contributed by atoms with van der Waals surface area (Å²) in [6, 6.07) is 13.9. The second kappa shape index (κ2) is 10.8. The molecule has 1 aliphatic carbocycles. The SMILES string of the molecule is CCCSc1nc2n(n1)C(c1ccc(OCc3ccc(C)cc3)c(OCC)c1)C1=C(CCCC1=O)N2. The van der Waals surface area contributed by atoms with E-state index in [9.17, 15) is 4.79 Å². The minimum absolute atomic E-state index is 0.162. The van der Waals surface area contributed by atoms with E-state index in [1.807, 2.05) is 29.8 Å². The fourth-order valence-corrected chi connectivity index (χ4v) is 5.31. The van der Waals surface area contributed by atoms with Gasteiger partial charge in [0.05, 0.1) is 6.61 Å². The van der Waals surface area contributed by atoms with Crippen molar-refractivity contribution in [3.63, 3.8) is 0 Å². The number of aryl methyl sites for hydroxylation is 1. The first kappa shape index (κ1) is 24.4. The molecule has 5 rings (SSSR count). The van der Waals surface area contributed by atoms with Crippen LogP contribution in [0.5, 0.6) is 11.5 Å². The van der Waals surface area contributed by atoms with Gasteiger partial charge in [0, 0.05) is 23.4 Å². The number of hydrogen-bond acceptors (Lipinski definition) is 7. The number of allylic oxidation sites excluding steroid dienone is 2. The highest BCUT2D eigenvalue weighted by Crippen LogP contribution is 2.42. The first-order valence-corrected chi connectivity index (χ1v) is 13.6. The Balaban J connectivity index is 1.50. The Kier molecular flexibility index (Phi) is 7.32. The number of ether oxygens (including phenoxy) is 2. The number of hydrogen-bond donors (Lipinski definition) is 1. The lowest BCUT2D eigenvalue weighted by atomic mass is 9.85.